The van der Waals surface area contributed by atoms with E-state index in [1.165, 1.54) is 0 Å². The largest absolute Gasteiger partial charge is 0.391 e. The van der Waals surface area contributed by atoms with Crippen LogP contribution in [0.1, 0.15) is 44.9 Å². The van der Waals surface area contributed by atoms with E-state index in [9.17, 15) is 18.3 Å². The van der Waals surface area contributed by atoms with Crippen LogP contribution in [-0.4, -0.2) is 40.6 Å². The topological polar surface area (TPSA) is 29.5 Å². The SMILES string of the molecule is OC1(C2CCOC3(CCSC3)C2)CCCC(C(F)(F)F)C1. The van der Waals surface area contributed by atoms with Crippen LogP contribution in [0.25, 0.3) is 0 Å². The number of hydrogen-bond acceptors (Lipinski definition) is 3. The third-order valence-electron chi connectivity index (χ3n) is 5.55. The quantitative estimate of drug-likeness (QED) is 0.796. The van der Waals surface area contributed by atoms with Crippen molar-refractivity contribution in [3.63, 3.8) is 0 Å². The molecule has 122 valence electrons. The van der Waals surface area contributed by atoms with E-state index in [0.717, 1.165) is 24.3 Å². The fourth-order valence-corrected chi connectivity index (χ4v) is 5.66. The van der Waals surface area contributed by atoms with Crippen molar-refractivity contribution in [2.45, 2.75) is 62.3 Å². The molecule has 1 aliphatic carbocycles. The van der Waals surface area contributed by atoms with Crippen molar-refractivity contribution >= 4 is 11.8 Å². The van der Waals surface area contributed by atoms with Crippen molar-refractivity contribution in [3.05, 3.63) is 0 Å². The molecule has 0 aromatic carbocycles. The number of rotatable bonds is 1. The summed E-state index contributed by atoms with van der Waals surface area (Å²) in [7, 11) is 0. The second-order valence-electron chi connectivity index (χ2n) is 6.96. The zero-order chi connectivity index (χ0) is 15.1. The Balaban J connectivity index is 1.72. The van der Waals surface area contributed by atoms with E-state index in [0.29, 0.717) is 25.9 Å². The van der Waals surface area contributed by atoms with Gasteiger partial charge in [-0.2, -0.15) is 24.9 Å². The lowest BCUT2D eigenvalue weighted by Gasteiger charge is -2.48. The predicted molar refractivity (Wildman–Crippen MR) is 76.3 cm³/mol. The molecule has 0 bridgehead atoms. The smallest absolute Gasteiger partial charge is 0.390 e. The molecular weight excluding hydrogens is 301 g/mol. The Labute approximate surface area is 127 Å². The fourth-order valence-electron chi connectivity index (χ4n) is 4.29. The first-order valence-corrected chi connectivity index (χ1v) is 8.99. The molecule has 0 aromatic heterocycles. The van der Waals surface area contributed by atoms with Gasteiger partial charge >= 0.3 is 6.18 Å². The number of thioether (sulfide) groups is 1. The van der Waals surface area contributed by atoms with E-state index in [1.54, 1.807) is 0 Å². The van der Waals surface area contributed by atoms with E-state index in [1.807, 2.05) is 11.8 Å². The summed E-state index contributed by atoms with van der Waals surface area (Å²) in [6, 6.07) is 0. The van der Waals surface area contributed by atoms with Gasteiger partial charge in [0, 0.05) is 12.4 Å². The predicted octanol–water partition coefficient (Wildman–Crippen LogP) is 3.77. The van der Waals surface area contributed by atoms with Crippen LogP contribution >= 0.6 is 11.8 Å². The van der Waals surface area contributed by atoms with Crippen LogP contribution in [-0.2, 0) is 4.74 Å². The number of halogens is 3. The summed E-state index contributed by atoms with van der Waals surface area (Å²) in [5, 5.41) is 10.9. The molecule has 3 aliphatic rings. The Morgan fingerprint density at radius 2 is 1.95 bits per heavy atom. The van der Waals surface area contributed by atoms with E-state index in [4.69, 9.17) is 4.74 Å². The first kappa shape index (κ1) is 15.9. The number of aliphatic hydroxyl groups is 1. The molecule has 2 aliphatic heterocycles. The average Bonchev–Trinajstić information content (AvgIpc) is 2.86. The van der Waals surface area contributed by atoms with Crippen molar-refractivity contribution in [1.29, 1.82) is 0 Å². The fraction of sp³-hybridized carbons (Fsp3) is 1.00. The molecule has 1 N–H and O–H groups in total. The molecule has 2 heterocycles. The first-order chi connectivity index (χ1) is 9.83. The second-order valence-corrected chi connectivity index (χ2v) is 8.07. The van der Waals surface area contributed by atoms with Gasteiger partial charge in [-0.3, -0.25) is 0 Å². The van der Waals surface area contributed by atoms with Gasteiger partial charge in [0.1, 0.15) is 0 Å². The average molecular weight is 324 g/mol. The lowest BCUT2D eigenvalue weighted by Crippen LogP contribution is -2.51. The van der Waals surface area contributed by atoms with Crippen LogP contribution in [0.3, 0.4) is 0 Å². The van der Waals surface area contributed by atoms with Crippen LogP contribution in [0, 0.1) is 11.8 Å². The van der Waals surface area contributed by atoms with Crippen LogP contribution in [0.15, 0.2) is 0 Å². The Morgan fingerprint density at radius 1 is 1.14 bits per heavy atom. The molecule has 21 heavy (non-hydrogen) atoms. The molecule has 3 fully saturated rings. The molecule has 0 aromatic rings. The minimum atomic E-state index is -4.18. The highest BCUT2D eigenvalue weighted by molar-refractivity contribution is 7.99. The third kappa shape index (κ3) is 3.22. The Kier molecular flexibility index (Phi) is 4.25. The number of alkyl halides is 3. The van der Waals surface area contributed by atoms with Gasteiger partial charge in [0.05, 0.1) is 17.1 Å². The summed E-state index contributed by atoms with van der Waals surface area (Å²) < 4.78 is 45.0. The monoisotopic (exact) mass is 324 g/mol. The highest BCUT2D eigenvalue weighted by Gasteiger charge is 2.52. The van der Waals surface area contributed by atoms with Gasteiger partial charge < -0.3 is 9.84 Å². The second kappa shape index (κ2) is 5.60. The zero-order valence-corrected chi connectivity index (χ0v) is 12.9. The molecule has 2 saturated heterocycles. The molecule has 6 heteroatoms. The minimum Gasteiger partial charge on any atom is -0.390 e. The maximum absolute atomic E-state index is 13.0. The van der Waals surface area contributed by atoms with Gasteiger partial charge in [0.25, 0.3) is 0 Å². The first-order valence-electron chi connectivity index (χ1n) is 7.84. The third-order valence-corrected chi connectivity index (χ3v) is 6.77. The molecule has 1 saturated carbocycles. The summed E-state index contributed by atoms with van der Waals surface area (Å²) >= 11 is 1.85. The molecular formula is C15H23F3O2S. The normalized spacial score (nSPS) is 45.1. The van der Waals surface area contributed by atoms with Crippen LogP contribution in [0.2, 0.25) is 0 Å². The van der Waals surface area contributed by atoms with E-state index >= 15 is 0 Å². The summed E-state index contributed by atoms with van der Waals surface area (Å²) in [6.07, 6.45) is -0.782. The summed E-state index contributed by atoms with van der Waals surface area (Å²) in [5.74, 6) is 0.585. The number of ether oxygens (including phenoxy) is 1. The molecule has 3 rings (SSSR count). The Bertz CT molecular complexity index is 382. The van der Waals surface area contributed by atoms with Crippen LogP contribution in [0.5, 0.6) is 0 Å². The Hall–Kier alpha value is 0.0600. The standard InChI is InChI=1S/C15H23F3O2S/c16-15(17,18)12-2-1-4-14(19,9-12)11-3-6-20-13(8-11)5-7-21-10-13/h11-12,19H,1-10H2. The van der Waals surface area contributed by atoms with Gasteiger partial charge in [-0.1, -0.05) is 0 Å². The highest BCUT2D eigenvalue weighted by atomic mass is 32.2. The van der Waals surface area contributed by atoms with Gasteiger partial charge in [0.15, 0.2) is 0 Å². The van der Waals surface area contributed by atoms with Gasteiger partial charge in [-0.25, -0.2) is 0 Å². The molecule has 1 spiro atoms. The lowest BCUT2D eigenvalue weighted by atomic mass is 9.66. The van der Waals surface area contributed by atoms with Crippen molar-refractivity contribution < 1.29 is 23.0 Å². The highest BCUT2D eigenvalue weighted by Crippen LogP contribution is 2.50. The zero-order valence-electron chi connectivity index (χ0n) is 12.1. The van der Waals surface area contributed by atoms with Gasteiger partial charge in [-0.05, 0) is 56.6 Å². The van der Waals surface area contributed by atoms with E-state index in [2.05, 4.69) is 0 Å². The van der Waals surface area contributed by atoms with Crippen molar-refractivity contribution in [2.24, 2.45) is 11.8 Å². The van der Waals surface area contributed by atoms with E-state index in [-0.39, 0.29) is 24.4 Å². The van der Waals surface area contributed by atoms with Crippen LogP contribution in [0.4, 0.5) is 13.2 Å². The summed E-state index contributed by atoms with van der Waals surface area (Å²) in [5.41, 5.74) is -1.34. The molecule has 0 radical (unpaired) electrons. The molecule has 0 amide bonds. The summed E-state index contributed by atoms with van der Waals surface area (Å²) in [6.45, 7) is 0.574. The maximum Gasteiger partial charge on any atom is 0.391 e. The van der Waals surface area contributed by atoms with Crippen molar-refractivity contribution in [2.75, 3.05) is 18.1 Å². The van der Waals surface area contributed by atoms with Gasteiger partial charge in [-0.15, -0.1) is 0 Å². The number of hydrogen-bond donors (Lipinski definition) is 1. The van der Waals surface area contributed by atoms with Gasteiger partial charge in [0.2, 0.25) is 0 Å². The van der Waals surface area contributed by atoms with Crippen molar-refractivity contribution in [1.82, 2.24) is 0 Å². The molecule has 4 unspecified atom stereocenters. The van der Waals surface area contributed by atoms with Crippen LogP contribution < -0.4 is 0 Å². The Morgan fingerprint density at radius 3 is 2.62 bits per heavy atom. The lowest BCUT2D eigenvalue weighted by molar-refractivity contribution is -0.215. The maximum atomic E-state index is 13.0. The minimum absolute atomic E-state index is 0.0462. The van der Waals surface area contributed by atoms with E-state index < -0.39 is 17.7 Å². The van der Waals surface area contributed by atoms with Crippen molar-refractivity contribution in [3.8, 4) is 0 Å². The molecule has 2 nitrogen and oxygen atoms in total. The molecule has 4 atom stereocenters. The summed E-state index contributed by atoms with van der Waals surface area (Å²) in [4.78, 5) is 0.